The number of thioether (sulfide) groups is 1. The molecule has 0 spiro atoms. The summed E-state index contributed by atoms with van der Waals surface area (Å²) in [6, 6.07) is 0. The highest BCUT2D eigenvalue weighted by Crippen LogP contribution is 2.34. The molecule has 0 saturated heterocycles. The molecular formula is C13H20N2O2S. The van der Waals surface area contributed by atoms with Crippen molar-refractivity contribution >= 4 is 17.7 Å². The second-order valence-corrected chi connectivity index (χ2v) is 6.85. The molecule has 1 aromatic rings. The van der Waals surface area contributed by atoms with Crippen LogP contribution in [0.25, 0.3) is 0 Å². The monoisotopic (exact) mass is 268 g/mol. The van der Waals surface area contributed by atoms with Crippen LogP contribution in [-0.2, 0) is 12.8 Å². The molecule has 100 valence electrons. The highest BCUT2D eigenvalue weighted by Gasteiger charge is 2.24. The molecule has 1 heterocycles. The van der Waals surface area contributed by atoms with E-state index in [1.165, 1.54) is 11.8 Å². The number of aryl methyl sites for hydroxylation is 1. The van der Waals surface area contributed by atoms with Gasteiger partial charge in [-0.3, -0.25) is 0 Å². The Labute approximate surface area is 112 Å². The lowest BCUT2D eigenvalue weighted by Gasteiger charge is -2.19. The van der Waals surface area contributed by atoms with Crippen molar-refractivity contribution in [2.75, 3.05) is 0 Å². The van der Waals surface area contributed by atoms with Crippen molar-refractivity contribution in [3.05, 3.63) is 16.8 Å². The predicted octanol–water partition coefficient (Wildman–Crippen LogP) is 3.19. The summed E-state index contributed by atoms with van der Waals surface area (Å²) >= 11 is 1.45. The maximum atomic E-state index is 11.5. The number of carbonyl (C=O) groups is 1. The number of hydrogen-bond acceptors (Lipinski definition) is 4. The summed E-state index contributed by atoms with van der Waals surface area (Å²) in [5, 5.41) is 18.2. The van der Waals surface area contributed by atoms with Crippen LogP contribution < -0.4 is 0 Å². The van der Waals surface area contributed by atoms with Crippen molar-refractivity contribution in [1.82, 2.24) is 10.2 Å². The molecule has 0 unspecified atom stereocenters. The van der Waals surface area contributed by atoms with Crippen LogP contribution in [0.1, 0.15) is 56.2 Å². The number of carboxylic acids is 1. The van der Waals surface area contributed by atoms with Gasteiger partial charge < -0.3 is 5.11 Å². The van der Waals surface area contributed by atoms with Crippen molar-refractivity contribution in [3.63, 3.8) is 0 Å². The standard InChI is InChI=1S/C13H20N2O2S/c1-6-8-9(7-2)14-15-11(10(8)12(16)17)18-13(3,4)5/h6-7H2,1-5H3,(H,16,17). The van der Waals surface area contributed by atoms with Crippen LogP contribution in [0.3, 0.4) is 0 Å². The van der Waals surface area contributed by atoms with Crippen LogP contribution in [0.5, 0.6) is 0 Å². The van der Waals surface area contributed by atoms with Crippen molar-refractivity contribution < 1.29 is 9.90 Å². The molecule has 0 saturated carbocycles. The summed E-state index contributed by atoms with van der Waals surface area (Å²) in [7, 11) is 0. The highest BCUT2D eigenvalue weighted by molar-refractivity contribution is 8.00. The summed E-state index contributed by atoms with van der Waals surface area (Å²) in [4.78, 5) is 11.5. The first-order chi connectivity index (χ1) is 8.30. The summed E-state index contributed by atoms with van der Waals surface area (Å²) in [5.41, 5.74) is 1.92. The van der Waals surface area contributed by atoms with Gasteiger partial charge in [-0.25, -0.2) is 4.79 Å². The molecule has 0 aliphatic rings. The van der Waals surface area contributed by atoms with Crippen LogP contribution in [0.2, 0.25) is 0 Å². The number of carboxylic acid groups (broad SMARTS) is 1. The summed E-state index contributed by atoms with van der Waals surface area (Å²) < 4.78 is -0.0857. The Morgan fingerprint density at radius 3 is 2.22 bits per heavy atom. The van der Waals surface area contributed by atoms with E-state index in [-0.39, 0.29) is 4.75 Å². The largest absolute Gasteiger partial charge is 0.478 e. The minimum atomic E-state index is -0.914. The van der Waals surface area contributed by atoms with Gasteiger partial charge in [0.1, 0.15) is 5.03 Å². The molecule has 0 aliphatic carbocycles. The Balaban J connectivity index is 3.39. The fraction of sp³-hybridized carbons (Fsp3) is 0.615. The number of nitrogens with zero attached hydrogens (tertiary/aromatic N) is 2. The summed E-state index contributed by atoms with van der Waals surface area (Å²) in [6.07, 6.45) is 1.37. The molecule has 0 radical (unpaired) electrons. The van der Waals surface area contributed by atoms with E-state index in [2.05, 4.69) is 10.2 Å². The van der Waals surface area contributed by atoms with Crippen molar-refractivity contribution in [2.45, 2.75) is 57.2 Å². The maximum absolute atomic E-state index is 11.5. The van der Waals surface area contributed by atoms with E-state index in [0.717, 1.165) is 11.3 Å². The number of rotatable bonds is 4. The Hall–Kier alpha value is -1.10. The van der Waals surface area contributed by atoms with Crippen LogP contribution in [-0.4, -0.2) is 26.0 Å². The number of aromatic carboxylic acids is 1. The molecule has 0 aromatic carbocycles. The minimum Gasteiger partial charge on any atom is -0.478 e. The van der Waals surface area contributed by atoms with E-state index in [9.17, 15) is 9.90 Å². The average Bonchev–Trinajstić information content (AvgIpc) is 2.25. The molecule has 0 bridgehead atoms. The summed E-state index contributed by atoms with van der Waals surface area (Å²) in [6.45, 7) is 10.0. The van der Waals surface area contributed by atoms with Gasteiger partial charge in [0.25, 0.3) is 0 Å². The van der Waals surface area contributed by atoms with Gasteiger partial charge in [0.2, 0.25) is 0 Å². The second kappa shape index (κ2) is 5.69. The number of aromatic nitrogens is 2. The van der Waals surface area contributed by atoms with Crippen LogP contribution in [0.15, 0.2) is 5.03 Å². The molecule has 1 N–H and O–H groups in total. The Morgan fingerprint density at radius 1 is 1.22 bits per heavy atom. The van der Waals surface area contributed by atoms with Crippen LogP contribution in [0, 0.1) is 0 Å². The van der Waals surface area contributed by atoms with Crippen molar-refractivity contribution in [1.29, 1.82) is 0 Å². The predicted molar refractivity (Wildman–Crippen MR) is 73.4 cm³/mol. The molecule has 0 fully saturated rings. The van der Waals surface area contributed by atoms with Gasteiger partial charge in [0, 0.05) is 4.75 Å². The van der Waals surface area contributed by atoms with Crippen molar-refractivity contribution in [3.8, 4) is 0 Å². The van der Waals surface area contributed by atoms with E-state index in [1.54, 1.807) is 0 Å². The zero-order chi connectivity index (χ0) is 13.9. The molecule has 18 heavy (non-hydrogen) atoms. The summed E-state index contributed by atoms with van der Waals surface area (Å²) in [5.74, 6) is -0.914. The molecule has 4 nitrogen and oxygen atoms in total. The Morgan fingerprint density at radius 2 is 1.83 bits per heavy atom. The third kappa shape index (κ3) is 3.45. The molecule has 5 heteroatoms. The Bertz CT molecular complexity index is 453. The SMILES string of the molecule is CCc1nnc(SC(C)(C)C)c(C(=O)O)c1CC. The van der Waals surface area contributed by atoms with E-state index in [0.29, 0.717) is 23.4 Å². The fourth-order valence-electron chi connectivity index (χ4n) is 1.74. The van der Waals surface area contributed by atoms with E-state index in [1.807, 2.05) is 34.6 Å². The van der Waals surface area contributed by atoms with Gasteiger partial charge >= 0.3 is 5.97 Å². The first-order valence-electron chi connectivity index (χ1n) is 6.10. The number of hydrogen-bond donors (Lipinski definition) is 1. The molecule has 0 amide bonds. The van der Waals surface area contributed by atoms with Gasteiger partial charge in [-0.2, -0.15) is 5.10 Å². The minimum absolute atomic E-state index is 0.0857. The zero-order valence-electron chi connectivity index (χ0n) is 11.6. The highest BCUT2D eigenvalue weighted by atomic mass is 32.2. The van der Waals surface area contributed by atoms with E-state index < -0.39 is 5.97 Å². The van der Waals surface area contributed by atoms with E-state index in [4.69, 9.17) is 0 Å². The van der Waals surface area contributed by atoms with Gasteiger partial charge in [-0.05, 0) is 18.4 Å². The van der Waals surface area contributed by atoms with Gasteiger partial charge in [-0.15, -0.1) is 5.10 Å². The average molecular weight is 268 g/mol. The van der Waals surface area contributed by atoms with Gasteiger partial charge in [0.15, 0.2) is 0 Å². The molecule has 1 aromatic heterocycles. The normalized spacial score (nSPS) is 11.6. The smallest absolute Gasteiger partial charge is 0.338 e. The van der Waals surface area contributed by atoms with Gasteiger partial charge in [-0.1, -0.05) is 46.4 Å². The van der Waals surface area contributed by atoms with Crippen molar-refractivity contribution in [2.24, 2.45) is 0 Å². The fourth-order valence-corrected chi connectivity index (χ4v) is 2.71. The second-order valence-electron chi connectivity index (χ2n) is 5.03. The zero-order valence-corrected chi connectivity index (χ0v) is 12.4. The first-order valence-corrected chi connectivity index (χ1v) is 6.92. The molecule has 1 rings (SSSR count). The maximum Gasteiger partial charge on any atom is 0.338 e. The lowest BCUT2D eigenvalue weighted by atomic mass is 10.0. The topological polar surface area (TPSA) is 63.1 Å². The lowest BCUT2D eigenvalue weighted by Crippen LogP contribution is -2.15. The lowest BCUT2D eigenvalue weighted by molar-refractivity contribution is 0.0690. The first kappa shape index (κ1) is 15.0. The quantitative estimate of drug-likeness (QED) is 0.850. The van der Waals surface area contributed by atoms with Crippen LogP contribution >= 0.6 is 11.8 Å². The molecule has 0 atom stereocenters. The van der Waals surface area contributed by atoms with Gasteiger partial charge in [0.05, 0.1) is 11.3 Å². The molecule has 0 aliphatic heterocycles. The third-order valence-electron chi connectivity index (χ3n) is 2.43. The van der Waals surface area contributed by atoms with Crippen LogP contribution in [0.4, 0.5) is 0 Å². The van der Waals surface area contributed by atoms with E-state index >= 15 is 0 Å². The molecular weight excluding hydrogens is 248 g/mol. The third-order valence-corrected chi connectivity index (χ3v) is 3.52. The Kier molecular flexibility index (Phi) is 4.73.